The van der Waals surface area contributed by atoms with Crippen LogP contribution in [0.4, 0.5) is 0 Å². The summed E-state index contributed by atoms with van der Waals surface area (Å²) in [6.45, 7) is 2.68. The van der Waals surface area contributed by atoms with E-state index in [-0.39, 0.29) is 17.9 Å². The van der Waals surface area contributed by atoms with Crippen LogP contribution in [0.1, 0.15) is 35.2 Å². The molecule has 2 aliphatic rings. The van der Waals surface area contributed by atoms with Crippen LogP contribution in [0.5, 0.6) is 0 Å². The standard InChI is InChI=1S/C17H21ClN2O2/c1-10-3-12(5-14(18)4-10)17(22)20(2)15-6-11-8-16(21)19-9-13(11)7-15/h3-5,11,13,15H,6-9H2,1-2H3,(H,19,21)/t11-,13+,15-/m1/s1. The number of carbonyl (C=O) groups excluding carboxylic acids is 2. The lowest BCUT2D eigenvalue weighted by Gasteiger charge is -2.25. The van der Waals surface area contributed by atoms with Crippen LogP contribution >= 0.6 is 11.6 Å². The van der Waals surface area contributed by atoms with Crippen LogP contribution in [0.2, 0.25) is 5.02 Å². The maximum Gasteiger partial charge on any atom is 0.253 e. The third-order valence-electron chi connectivity index (χ3n) is 4.98. The maximum atomic E-state index is 12.7. The number of piperidine rings is 1. The number of hydrogen-bond acceptors (Lipinski definition) is 2. The van der Waals surface area contributed by atoms with E-state index in [2.05, 4.69) is 5.32 Å². The van der Waals surface area contributed by atoms with E-state index in [1.807, 2.05) is 31.0 Å². The molecule has 1 aliphatic carbocycles. The summed E-state index contributed by atoms with van der Waals surface area (Å²) in [4.78, 5) is 26.0. The maximum absolute atomic E-state index is 12.7. The molecule has 118 valence electrons. The molecular weight excluding hydrogens is 300 g/mol. The first-order valence-corrected chi connectivity index (χ1v) is 8.13. The molecule has 2 amide bonds. The highest BCUT2D eigenvalue weighted by atomic mass is 35.5. The third kappa shape index (κ3) is 2.98. The Morgan fingerprint density at radius 1 is 1.27 bits per heavy atom. The lowest BCUT2D eigenvalue weighted by Crippen LogP contribution is -2.38. The second kappa shape index (κ2) is 5.92. The van der Waals surface area contributed by atoms with Crippen molar-refractivity contribution in [1.29, 1.82) is 0 Å². The molecular formula is C17H21ClN2O2. The number of halogens is 1. The van der Waals surface area contributed by atoms with Gasteiger partial charge in [-0.2, -0.15) is 0 Å². The highest BCUT2D eigenvalue weighted by Crippen LogP contribution is 2.38. The Kier molecular flexibility index (Phi) is 4.13. The molecule has 0 radical (unpaired) electrons. The molecule has 3 atom stereocenters. The van der Waals surface area contributed by atoms with Gasteiger partial charge in [0.25, 0.3) is 5.91 Å². The normalized spacial score (nSPS) is 27.2. The Morgan fingerprint density at radius 2 is 2.00 bits per heavy atom. The van der Waals surface area contributed by atoms with Crippen LogP contribution in [-0.4, -0.2) is 36.3 Å². The zero-order chi connectivity index (χ0) is 15.9. The molecule has 1 aromatic carbocycles. The van der Waals surface area contributed by atoms with Gasteiger partial charge < -0.3 is 10.2 Å². The molecule has 4 nitrogen and oxygen atoms in total. The number of amides is 2. The Bertz CT molecular complexity index is 596. The summed E-state index contributed by atoms with van der Waals surface area (Å²) in [5.41, 5.74) is 1.62. The number of nitrogens with zero attached hydrogens (tertiary/aromatic N) is 1. The topological polar surface area (TPSA) is 49.4 Å². The van der Waals surface area contributed by atoms with Crippen LogP contribution in [0.15, 0.2) is 18.2 Å². The minimum absolute atomic E-state index is 0.00790. The predicted molar refractivity (Wildman–Crippen MR) is 85.9 cm³/mol. The van der Waals surface area contributed by atoms with Crippen molar-refractivity contribution in [3.05, 3.63) is 34.3 Å². The highest BCUT2D eigenvalue weighted by Gasteiger charge is 2.40. The van der Waals surface area contributed by atoms with E-state index in [0.717, 1.165) is 24.9 Å². The van der Waals surface area contributed by atoms with Crippen LogP contribution in [0.25, 0.3) is 0 Å². The van der Waals surface area contributed by atoms with Gasteiger partial charge in [0.15, 0.2) is 0 Å². The van der Waals surface area contributed by atoms with Crippen molar-refractivity contribution < 1.29 is 9.59 Å². The van der Waals surface area contributed by atoms with Crippen molar-refractivity contribution in [3.63, 3.8) is 0 Å². The molecule has 22 heavy (non-hydrogen) atoms. The van der Waals surface area contributed by atoms with Crippen LogP contribution < -0.4 is 5.32 Å². The van der Waals surface area contributed by atoms with E-state index in [1.54, 1.807) is 6.07 Å². The Balaban J connectivity index is 1.72. The Morgan fingerprint density at radius 3 is 2.73 bits per heavy atom. The Labute approximate surface area is 135 Å². The summed E-state index contributed by atoms with van der Waals surface area (Å²) in [5.74, 6) is 1.06. The lowest BCUT2D eigenvalue weighted by atomic mass is 9.89. The van der Waals surface area contributed by atoms with Crippen molar-refractivity contribution in [2.24, 2.45) is 11.8 Å². The fourth-order valence-corrected chi connectivity index (χ4v) is 4.07. The van der Waals surface area contributed by atoms with Crippen LogP contribution in [0, 0.1) is 18.8 Å². The first-order valence-electron chi connectivity index (χ1n) is 7.75. The molecule has 1 aliphatic heterocycles. The summed E-state index contributed by atoms with van der Waals surface area (Å²) in [6, 6.07) is 5.65. The predicted octanol–water partition coefficient (Wildman–Crippen LogP) is 2.64. The van der Waals surface area contributed by atoms with E-state index in [1.165, 1.54) is 0 Å². The quantitative estimate of drug-likeness (QED) is 0.910. The summed E-state index contributed by atoms with van der Waals surface area (Å²) < 4.78 is 0. The molecule has 1 N–H and O–H groups in total. The highest BCUT2D eigenvalue weighted by molar-refractivity contribution is 6.31. The van der Waals surface area contributed by atoms with Gasteiger partial charge in [0, 0.05) is 36.6 Å². The van der Waals surface area contributed by atoms with Gasteiger partial charge in [0.2, 0.25) is 5.91 Å². The number of aryl methyl sites for hydroxylation is 1. The van der Waals surface area contributed by atoms with Gasteiger partial charge in [-0.05, 0) is 55.4 Å². The molecule has 5 heteroatoms. The molecule has 1 saturated carbocycles. The second-order valence-corrected chi connectivity index (χ2v) is 7.02. The van der Waals surface area contributed by atoms with E-state index >= 15 is 0 Å². The second-order valence-electron chi connectivity index (χ2n) is 6.59. The number of benzene rings is 1. The average Bonchev–Trinajstić information content (AvgIpc) is 2.87. The summed E-state index contributed by atoms with van der Waals surface area (Å²) in [6.07, 6.45) is 2.48. The van der Waals surface area contributed by atoms with E-state index < -0.39 is 0 Å². The number of hydrogen-bond donors (Lipinski definition) is 1. The molecule has 1 aromatic rings. The first kappa shape index (κ1) is 15.3. The number of fused-ring (bicyclic) bond motifs is 1. The van der Waals surface area contributed by atoms with Crippen molar-refractivity contribution in [2.45, 2.75) is 32.2 Å². The van der Waals surface area contributed by atoms with Crippen molar-refractivity contribution >= 4 is 23.4 Å². The van der Waals surface area contributed by atoms with Gasteiger partial charge in [-0.1, -0.05) is 11.6 Å². The van der Waals surface area contributed by atoms with E-state index in [4.69, 9.17) is 11.6 Å². The van der Waals surface area contributed by atoms with Gasteiger partial charge in [0.05, 0.1) is 0 Å². The first-order chi connectivity index (χ1) is 10.4. The number of carbonyl (C=O) groups is 2. The van der Waals surface area contributed by atoms with E-state index in [9.17, 15) is 9.59 Å². The smallest absolute Gasteiger partial charge is 0.253 e. The van der Waals surface area contributed by atoms with Crippen LogP contribution in [0.3, 0.4) is 0 Å². The van der Waals surface area contributed by atoms with Crippen molar-refractivity contribution in [2.75, 3.05) is 13.6 Å². The largest absolute Gasteiger partial charge is 0.356 e. The Hall–Kier alpha value is -1.55. The minimum atomic E-state index is 0.00790. The SMILES string of the molecule is Cc1cc(Cl)cc(C(=O)N(C)[C@H]2C[C@H]3CNC(=O)C[C@H]3C2)c1. The lowest BCUT2D eigenvalue weighted by molar-refractivity contribution is -0.124. The molecule has 2 fully saturated rings. The molecule has 1 heterocycles. The molecule has 0 aromatic heterocycles. The molecule has 0 bridgehead atoms. The van der Waals surface area contributed by atoms with E-state index in [0.29, 0.717) is 28.8 Å². The van der Waals surface area contributed by atoms with Crippen LogP contribution in [-0.2, 0) is 4.79 Å². The monoisotopic (exact) mass is 320 g/mol. The number of nitrogens with one attached hydrogen (secondary N) is 1. The van der Waals surface area contributed by atoms with Gasteiger partial charge in [-0.3, -0.25) is 9.59 Å². The zero-order valence-electron chi connectivity index (χ0n) is 12.9. The summed E-state index contributed by atoms with van der Waals surface area (Å²) in [5, 5.41) is 3.52. The minimum Gasteiger partial charge on any atom is -0.356 e. The fraction of sp³-hybridized carbons (Fsp3) is 0.529. The zero-order valence-corrected chi connectivity index (χ0v) is 13.7. The van der Waals surface area contributed by atoms with Crippen molar-refractivity contribution in [1.82, 2.24) is 10.2 Å². The van der Waals surface area contributed by atoms with Gasteiger partial charge in [0.1, 0.15) is 0 Å². The number of rotatable bonds is 2. The fourth-order valence-electron chi connectivity index (χ4n) is 3.78. The average molecular weight is 321 g/mol. The molecule has 0 unspecified atom stereocenters. The summed E-state index contributed by atoms with van der Waals surface area (Å²) >= 11 is 6.06. The van der Waals surface area contributed by atoms with Gasteiger partial charge in [-0.15, -0.1) is 0 Å². The molecule has 0 spiro atoms. The van der Waals surface area contributed by atoms with Crippen molar-refractivity contribution in [3.8, 4) is 0 Å². The summed E-state index contributed by atoms with van der Waals surface area (Å²) in [7, 11) is 1.86. The van der Waals surface area contributed by atoms with Gasteiger partial charge in [-0.25, -0.2) is 0 Å². The molecule has 1 saturated heterocycles. The van der Waals surface area contributed by atoms with Gasteiger partial charge >= 0.3 is 0 Å². The third-order valence-corrected chi connectivity index (χ3v) is 5.20. The molecule has 3 rings (SSSR count).